The van der Waals surface area contributed by atoms with Gasteiger partial charge in [0.2, 0.25) is 0 Å². The fraction of sp³-hybridized carbons (Fsp3) is 0.400. The van der Waals surface area contributed by atoms with Crippen LogP contribution in [0, 0.1) is 6.92 Å². The Hall–Kier alpha value is -1.22. The van der Waals surface area contributed by atoms with Crippen LogP contribution >= 0.6 is 0 Å². The molecule has 0 radical (unpaired) electrons. The molecule has 3 heteroatoms. The highest BCUT2D eigenvalue weighted by atomic mass is 16.5. The third-order valence-electron chi connectivity index (χ3n) is 2.44. The summed E-state index contributed by atoms with van der Waals surface area (Å²) in [6.45, 7) is 2.43. The van der Waals surface area contributed by atoms with E-state index >= 15 is 0 Å². The van der Waals surface area contributed by atoms with Gasteiger partial charge in [-0.25, -0.2) is 0 Å². The Labute approximate surface area is 77.1 Å². The van der Waals surface area contributed by atoms with Gasteiger partial charge in [-0.1, -0.05) is 12.1 Å². The monoisotopic (exact) mass is 179 g/mol. The van der Waals surface area contributed by atoms with Crippen LogP contribution in [0.3, 0.4) is 0 Å². The highest BCUT2D eigenvalue weighted by molar-refractivity contribution is 5.52. The van der Waals surface area contributed by atoms with Gasteiger partial charge in [-0.05, 0) is 12.5 Å². The summed E-state index contributed by atoms with van der Waals surface area (Å²) in [6.07, 6.45) is 0.815. The third kappa shape index (κ3) is 1.25. The Bertz CT molecular complexity index is 336. The van der Waals surface area contributed by atoms with E-state index in [1.54, 1.807) is 0 Å². The second-order valence-electron chi connectivity index (χ2n) is 3.39. The minimum absolute atomic E-state index is 0.00440. The zero-order chi connectivity index (χ0) is 9.42. The summed E-state index contributed by atoms with van der Waals surface area (Å²) in [5.74, 6) is 0.798. The van der Waals surface area contributed by atoms with Crippen molar-refractivity contribution in [3.05, 3.63) is 23.3 Å². The van der Waals surface area contributed by atoms with E-state index in [4.69, 9.17) is 10.5 Å². The Morgan fingerprint density at radius 2 is 2.31 bits per heavy atom. The lowest BCUT2D eigenvalue weighted by Gasteiger charge is -2.24. The molecule has 1 heterocycles. The molecule has 0 bridgehead atoms. The predicted molar refractivity (Wildman–Crippen MR) is 49.9 cm³/mol. The van der Waals surface area contributed by atoms with Crippen LogP contribution in [0.15, 0.2) is 12.1 Å². The maximum atomic E-state index is 9.68. The predicted octanol–water partition coefficient (Wildman–Crippen LogP) is 1.48. The van der Waals surface area contributed by atoms with Crippen LogP contribution in [0.2, 0.25) is 0 Å². The smallest absolute Gasteiger partial charge is 0.165 e. The van der Waals surface area contributed by atoms with Gasteiger partial charge in [-0.3, -0.25) is 0 Å². The van der Waals surface area contributed by atoms with Gasteiger partial charge >= 0.3 is 0 Å². The van der Waals surface area contributed by atoms with Crippen LogP contribution in [-0.2, 0) is 0 Å². The summed E-state index contributed by atoms with van der Waals surface area (Å²) >= 11 is 0. The standard InChI is InChI=1S/C10H13NO2/c1-6-2-3-7-8(11)4-5-13-10(7)9(6)12/h2-3,8,12H,4-5,11H2,1H3. The molecule has 1 aliphatic rings. The zero-order valence-corrected chi connectivity index (χ0v) is 7.58. The van der Waals surface area contributed by atoms with Gasteiger partial charge in [0.15, 0.2) is 11.5 Å². The molecular formula is C10H13NO2. The Morgan fingerprint density at radius 1 is 1.54 bits per heavy atom. The molecule has 1 unspecified atom stereocenters. The third-order valence-corrected chi connectivity index (χ3v) is 2.44. The molecule has 0 aliphatic carbocycles. The second-order valence-corrected chi connectivity index (χ2v) is 3.39. The molecule has 3 N–H and O–H groups in total. The minimum Gasteiger partial charge on any atom is -0.504 e. The van der Waals surface area contributed by atoms with Gasteiger partial charge in [-0.15, -0.1) is 0 Å². The van der Waals surface area contributed by atoms with Crippen LogP contribution in [-0.4, -0.2) is 11.7 Å². The van der Waals surface area contributed by atoms with Gasteiger partial charge < -0.3 is 15.6 Å². The van der Waals surface area contributed by atoms with Gasteiger partial charge in [0, 0.05) is 18.0 Å². The van der Waals surface area contributed by atoms with E-state index in [1.807, 2.05) is 19.1 Å². The summed E-state index contributed by atoms with van der Waals surface area (Å²) in [5.41, 5.74) is 7.61. The number of ether oxygens (including phenoxy) is 1. The summed E-state index contributed by atoms with van der Waals surface area (Å²) in [5, 5.41) is 9.68. The van der Waals surface area contributed by atoms with E-state index in [0.29, 0.717) is 12.4 Å². The van der Waals surface area contributed by atoms with E-state index in [-0.39, 0.29) is 11.8 Å². The highest BCUT2D eigenvalue weighted by Gasteiger charge is 2.21. The molecule has 2 rings (SSSR count). The SMILES string of the molecule is Cc1ccc2c(c1O)OCCC2N. The van der Waals surface area contributed by atoms with E-state index < -0.39 is 0 Å². The molecule has 3 nitrogen and oxygen atoms in total. The molecule has 0 saturated heterocycles. The lowest BCUT2D eigenvalue weighted by molar-refractivity contribution is 0.255. The molecule has 0 amide bonds. The first-order valence-electron chi connectivity index (χ1n) is 4.41. The fourth-order valence-electron chi connectivity index (χ4n) is 1.57. The van der Waals surface area contributed by atoms with Crippen molar-refractivity contribution in [1.29, 1.82) is 0 Å². The Balaban J connectivity index is 2.56. The quantitative estimate of drug-likeness (QED) is 0.634. The molecule has 0 fully saturated rings. The normalized spacial score (nSPS) is 20.6. The van der Waals surface area contributed by atoms with Crippen molar-refractivity contribution in [2.45, 2.75) is 19.4 Å². The summed E-state index contributed by atoms with van der Waals surface area (Å²) in [6, 6.07) is 3.78. The number of rotatable bonds is 0. The molecule has 0 saturated carbocycles. The van der Waals surface area contributed by atoms with Gasteiger partial charge in [-0.2, -0.15) is 0 Å². The van der Waals surface area contributed by atoms with Crippen LogP contribution < -0.4 is 10.5 Å². The number of hydrogen-bond acceptors (Lipinski definition) is 3. The topological polar surface area (TPSA) is 55.5 Å². The number of benzene rings is 1. The number of phenols is 1. The fourth-order valence-corrected chi connectivity index (χ4v) is 1.57. The van der Waals surface area contributed by atoms with Crippen molar-refractivity contribution in [3.63, 3.8) is 0 Å². The zero-order valence-electron chi connectivity index (χ0n) is 7.58. The number of fused-ring (bicyclic) bond motifs is 1. The van der Waals surface area contributed by atoms with Crippen molar-refractivity contribution in [1.82, 2.24) is 0 Å². The van der Waals surface area contributed by atoms with Crippen LogP contribution in [0.25, 0.3) is 0 Å². The van der Waals surface area contributed by atoms with Crippen molar-refractivity contribution in [2.75, 3.05) is 6.61 Å². The van der Waals surface area contributed by atoms with E-state index in [9.17, 15) is 5.11 Å². The number of nitrogens with two attached hydrogens (primary N) is 1. The average Bonchev–Trinajstić information content (AvgIpc) is 2.12. The van der Waals surface area contributed by atoms with Crippen molar-refractivity contribution >= 4 is 0 Å². The van der Waals surface area contributed by atoms with Crippen molar-refractivity contribution in [2.24, 2.45) is 5.73 Å². The first kappa shape index (κ1) is 8.38. The molecule has 0 aromatic heterocycles. The Morgan fingerprint density at radius 3 is 3.08 bits per heavy atom. The maximum absolute atomic E-state index is 9.68. The highest BCUT2D eigenvalue weighted by Crippen LogP contribution is 2.39. The van der Waals surface area contributed by atoms with Crippen LogP contribution in [0.1, 0.15) is 23.6 Å². The molecule has 13 heavy (non-hydrogen) atoms. The van der Waals surface area contributed by atoms with Gasteiger partial charge in [0.1, 0.15) is 0 Å². The summed E-state index contributed by atoms with van der Waals surface area (Å²) in [7, 11) is 0. The van der Waals surface area contributed by atoms with Gasteiger partial charge in [0.25, 0.3) is 0 Å². The molecule has 1 aliphatic heterocycles. The Kier molecular flexibility index (Phi) is 1.88. The molecular weight excluding hydrogens is 166 g/mol. The van der Waals surface area contributed by atoms with E-state index in [1.165, 1.54) is 0 Å². The molecule has 1 aromatic rings. The van der Waals surface area contributed by atoms with Gasteiger partial charge in [0.05, 0.1) is 6.61 Å². The number of aromatic hydroxyl groups is 1. The molecule has 70 valence electrons. The number of aryl methyl sites for hydroxylation is 1. The lowest BCUT2D eigenvalue weighted by Crippen LogP contribution is -2.20. The molecule has 1 aromatic carbocycles. The average molecular weight is 179 g/mol. The van der Waals surface area contributed by atoms with E-state index in [2.05, 4.69) is 0 Å². The summed E-state index contributed by atoms with van der Waals surface area (Å²) in [4.78, 5) is 0. The minimum atomic E-state index is -0.00440. The van der Waals surface area contributed by atoms with Crippen molar-refractivity contribution in [3.8, 4) is 11.5 Å². The lowest BCUT2D eigenvalue weighted by atomic mass is 9.99. The number of hydrogen-bond donors (Lipinski definition) is 2. The van der Waals surface area contributed by atoms with E-state index in [0.717, 1.165) is 17.5 Å². The largest absolute Gasteiger partial charge is 0.504 e. The van der Waals surface area contributed by atoms with Crippen LogP contribution in [0.5, 0.6) is 11.5 Å². The molecule has 1 atom stereocenters. The second kappa shape index (κ2) is 2.92. The first-order valence-corrected chi connectivity index (χ1v) is 4.41. The number of phenolic OH excluding ortho intramolecular Hbond substituents is 1. The molecule has 0 spiro atoms. The first-order chi connectivity index (χ1) is 6.20. The maximum Gasteiger partial charge on any atom is 0.165 e. The summed E-state index contributed by atoms with van der Waals surface area (Å²) < 4.78 is 5.38. The van der Waals surface area contributed by atoms with Crippen molar-refractivity contribution < 1.29 is 9.84 Å². The van der Waals surface area contributed by atoms with Crippen LogP contribution in [0.4, 0.5) is 0 Å².